The van der Waals surface area contributed by atoms with Gasteiger partial charge in [0.05, 0.1) is 11.1 Å². The Balaban J connectivity index is 2.45. The highest BCUT2D eigenvalue weighted by atomic mass is 79.9. The van der Waals surface area contributed by atoms with E-state index in [1.807, 2.05) is 18.2 Å². The van der Waals surface area contributed by atoms with E-state index in [-0.39, 0.29) is 6.04 Å². The van der Waals surface area contributed by atoms with Crippen LogP contribution in [0.1, 0.15) is 22.7 Å². The Morgan fingerprint density at radius 3 is 2.44 bits per heavy atom. The molecule has 2 rings (SSSR count). The normalized spacial score (nSPS) is 12.4. The number of rotatable bonds is 3. The number of aryl methyl sites for hydroxylation is 1. The third kappa shape index (κ3) is 2.75. The summed E-state index contributed by atoms with van der Waals surface area (Å²) < 4.78 is 0.869. The molecule has 2 aromatic carbocycles. The number of nitrogens with two attached hydrogens (primary N) is 1. The van der Waals surface area contributed by atoms with Gasteiger partial charge in [-0.1, -0.05) is 53.6 Å². The predicted molar refractivity (Wildman–Crippen MR) is 79.5 cm³/mol. The molecule has 2 aromatic rings. The second kappa shape index (κ2) is 5.85. The fraction of sp³-hybridized carbons (Fsp3) is 0.143. The SMILES string of the molecule is Cc1ccc(C(NN)c2cccc(Br)c2Cl)cc1. The molecule has 0 radical (unpaired) electrons. The monoisotopic (exact) mass is 324 g/mol. The average Bonchev–Trinajstić information content (AvgIpc) is 2.37. The summed E-state index contributed by atoms with van der Waals surface area (Å²) in [6, 6.07) is 13.9. The molecule has 0 saturated heterocycles. The maximum Gasteiger partial charge on any atom is 0.0724 e. The number of hydrogen-bond acceptors (Lipinski definition) is 2. The minimum atomic E-state index is -0.115. The zero-order chi connectivity index (χ0) is 13.1. The van der Waals surface area contributed by atoms with E-state index in [1.165, 1.54) is 5.56 Å². The topological polar surface area (TPSA) is 38.0 Å². The van der Waals surface area contributed by atoms with Crippen molar-refractivity contribution >= 4 is 27.5 Å². The third-order valence-electron chi connectivity index (χ3n) is 2.87. The number of nitrogens with one attached hydrogen (secondary N) is 1. The zero-order valence-corrected chi connectivity index (χ0v) is 12.3. The minimum absolute atomic E-state index is 0.115. The summed E-state index contributed by atoms with van der Waals surface area (Å²) >= 11 is 9.73. The minimum Gasteiger partial charge on any atom is -0.271 e. The molecule has 94 valence electrons. The molecule has 18 heavy (non-hydrogen) atoms. The van der Waals surface area contributed by atoms with Gasteiger partial charge in [0.15, 0.2) is 0 Å². The summed E-state index contributed by atoms with van der Waals surface area (Å²) in [7, 11) is 0. The van der Waals surface area contributed by atoms with Gasteiger partial charge in [0, 0.05) is 4.47 Å². The third-order valence-corrected chi connectivity index (χ3v) is 4.18. The van der Waals surface area contributed by atoms with Crippen molar-refractivity contribution in [2.24, 2.45) is 5.84 Å². The van der Waals surface area contributed by atoms with Gasteiger partial charge >= 0.3 is 0 Å². The van der Waals surface area contributed by atoms with Crippen LogP contribution in [0.25, 0.3) is 0 Å². The second-order valence-corrected chi connectivity index (χ2v) is 5.39. The fourth-order valence-electron chi connectivity index (χ4n) is 1.87. The van der Waals surface area contributed by atoms with Crippen molar-refractivity contribution in [1.82, 2.24) is 5.43 Å². The van der Waals surface area contributed by atoms with Gasteiger partial charge in [0.25, 0.3) is 0 Å². The molecular weight excluding hydrogens is 312 g/mol. The first-order valence-corrected chi connectivity index (χ1v) is 6.77. The Labute approximate surface area is 120 Å². The smallest absolute Gasteiger partial charge is 0.0724 e. The van der Waals surface area contributed by atoms with Crippen LogP contribution in [-0.2, 0) is 0 Å². The standard InChI is InChI=1S/C14H14BrClN2/c1-9-5-7-10(8-6-9)14(18-17)11-3-2-4-12(15)13(11)16/h2-8,14,18H,17H2,1H3. The molecular formula is C14H14BrClN2. The van der Waals surface area contributed by atoms with Crippen LogP contribution in [0.5, 0.6) is 0 Å². The van der Waals surface area contributed by atoms with Crippen LogP contribution in [0.15, 0.2) is 46.9 Å². The van der Waals surface area contributed by atoms with Crippen LogP contribution >= 0.6 is 27.5 Å². The van der Waals surface area contributed by atoms with Crippen molar-refractivity contribution in [2.75, 3.05) is 0 Å². The highest BCUT2D eigenvalue weighted by molar-refractivity contribution is 9.10. The summed E-state index contributed by atoms with van der Waals surface area (Å²) in [5.41, 5.74) is 6.08. The number of halogens is 2. The molecule has 4 heteroatoms. The molecule has 0 amide bonds. The molecule has 2 nitrogen and oxygen atoms in total. The Kier molecular flexibility index (Phi) is 4.40. The van der Waals surface area contributed by atoms with Crippen molar-refractivity contribution in [3.63, 3.8) is 0 Å². The maximum atomic E-state index is 6.31. The molecule has 0 aliphatic rings. The molecule has 0 spiro atoms. The van der Waals surface area contributed by atoms with E-state index >= 15 is 0 Å². The quantitative estimate of drug-likeness (QED) is 0.662. The van der Waals surface area contributed by atoms with E-state index in [4.69, 9.17) is 17.4 Å². The number of benzene rings is 2. The lowest BCUT2D eigenvalue weighted by molar-refractivity contribution is 0.636. The summed E-state index contributed by atoms with van der Waals surface area (Å²) in [6.07, 6.45) is 0. The van der Waals surface area contributed by atoms with Gasteiger partial charge in [-0.15, -0.1) is 0 Å². The van der Waals surface area contributed by atoms with Gasteiger partial charge in [-0.05, 0) is 40.0 Å². The zero-order valence-electron chi connectivity index (χ0n) is 9.95. The summed E-state index contributed by atoms with van der Waals surface area (Å²) in [5, 5.41) is 0.682. The Morgan fingerprint density at radius 2 is 1.83 bits per heavy atom. The van der Waals surface area contributed by atoms with Crippen molar-refractivity contribution in [1.29, 1.82) is 0 Å². The van der Waals surface area contributed by atoms with E-state index in [2.05, 4.69) is 52.5 Å². The Morgan fingerprint density at radius 1 is 1.17 bits per heavy atom. The molecule has 0 fully saturated rings. The number of hydrogen-bond donors (Lipinski definition) is 2. The van der Waals surface area contributed by atoms with Crippen LogP contribution in [0.3, 0.4) is 0 Å². The van der Waals surface area contributed by atoms with E-state index in [0.29, 0.717) is 5.02 Å². The molecule has 0 aliphatic carbocycles. The van der Waals surface area contributed by atoms with Crippen molar-refractivity contribution in [2.45, 2.75) is 13.0 Å². The fourth-order valence-corrected chi connectivity index (χ4v) is 2.48. The van der Waals surface area contributed by atoms with Gasteiger partial charge in [-0.25, -0.2) is 5.43 Å². The van der Waals surface area contributed by atoms with E-state index in [0.717, 1.165) is 15.6 Å². The average molecular weight is 326 g/mol. The molecule has 0 aromatic heterocycles. The first-order chi connectivity index (χ1) is 8.63. The molecule has 0 bridgehead atoms. The largest absolute Gasteiger partial charge is 0.271 e. The van der Waals surface area contributed by atoms with Gasteiger partial charge in [0.1, 0.15) is 0 Å². The first kappa shape index (κ1) is 13.6. The van der Waals surface area contributed by atoms with E-state index < -0.39 is 0 Å². The van der Waals surface area contributed by atoms with Crippen LogP contribution in [0.4, 0.5) is 0 Å². The highest BCUT2D eigenvalue weighted by Gasteiger charge is 2.16. The summed E-state index contributed by atoms with van der Waals surface area (Å²) in [5.74, 6) is 5.67. The number of hydrazine groups is 1. The van der Waals surface area contributed by atoms with Crippen LogP contribution in [0, 0.1) is 6.92 Å². The molecule has 0 heterocycles. The van der Waals surface area contributed by atoms with Gasteiger partial charge < -0.3 is 0 Å². The Hall–Kier alpha value is -0.870. The summed E-state index contributed by atoms with van der Waals surface area (Å²) in [4.78, 5) is 0. The summed E-state index contributed by atoms with van der Waals surface area (Å²) in [6.45, 7) is 2.06. The van der Waals surface area contributed by atoms with Crippen LogP contribution in [-0.4, -0.2) is 0 Å². The van der Waals surface area contributed by atoms with E-state index in [9.17, 15) is 0 Å². The molecule has 1 atom stereocenters. The lowest BCUT2D eigenvalue weighted by atomic mass is 9.98. The highest BCUT2D eigenvalue weighted by Crippen LogP contribution is 2.32. The van der Waals surface area contributed by atoms with Gasteiger partial charge in [-0.3, -0.25) is 5.84 Å². The van der Waals surface area contributed by atoms with Crippen LogP contribution in [0.2, 0.25) is 5.02 Å². The van der Waals surface area contributed by atoms with Crippen LogP contribution < -0.4 is 11.3 Å². The maximum absolute atomic E-state index is 6.31. The predicted octanol–water partition coefficient (Wildman–Crippen LogP) is 3.96. The molecule has 3 N–H and O–H groups in total. The lowest BCUT2D eigenvalue weighted by Crippen LogP contribution is -2.29. The molecule has 0 saturated carbocycles. The van der Waals surface area contributed by atoms with Crippen molar-refractivity contribution in [3.8, 4) is 0 Å². The van der Waals surface area contributed by atoms with Crippen molar-refractivity contribution in [3.05, 3.63) is 68.7 Å². The van der Waals surface area contributed by atoms with Gasteiger partial charge in [-0.2, -0.15) is 0 Å². The molecule has 0 aliphatic heterocycles. The van der Waals surface area contributed by atoms with Crippen molar-refractivity contribution < 1.29 is 0 Å². The van der Waals surface area contributed by atoms with E-state index in [1.54, 1.807) is 0 Å². The second-order valence-electron chi connectivity index (χ2n) is 4.15. The lowest BCUT2D eigenvalue weighted by Gasteiger charge is -2.19. The Bertz CT molecular complexity index is 540. The van der Waals surface area contributed by atoms with Gasteiger partial charge in [0.2, 0.25) is 0 Å². The molecule has 1 unspecified atom stereocenters. The first-order valence-electron chi connectivity index (χ1n) is 5.60.